The van der Waals surface area contributed by atoms with E-state index in [-0.39, 0.29) is 11.0 Å². The van der Waals surface area contributed by atoms with Gasteiger partial charge in [-0.2, -0.15) is 10.2 Å². The van der Waals surface area contributed by atoms with Crippen LogP contribution in [0.15, 0.2) is 53.9 Å². The molecule has 1 N–H and O–H groups in total. The van der Waals surface area contributed by atoms with Crippen LogP contribution in [0.5, 0.6) is 5.75 Å². The SMILES string of the molecule is CC[C@@H](OC)c1ccnc(-n2cc(S(=O)(=O)Nc3c(OC)ccc4cnn(C)c34)cn2)c1. The highest BCUT2D eigenvalue weighted by Crippen LogP contribution is 2.34. The molecule has 0 radical (unpaired) electrons. The molecule has 0 amide bonds. The fourth-order valence-electron chi connectivity index (χ4n) is 3.58. The van der Waals surface area contributed by atoms with Gasteiger partial charge in [-0.15, -0.1) is 0 Å². The quantitative estimate of drug-likeness (QED) is 0.433. The molecule has 4 aromatic rings. The molecule has 11 heteroatoms. The van der Waals surface area contributed by atoms with Crippen molar-refractivity contribution >= 4 is 26.6 Å². The van der Waals surface area contributed by atoms with Gasteiger partial charge in [-0.25, -0.2) is 18.1 Å². The van der Waals surface area contributed by atoms with Crippen LogP contribution in [0.4, 0.5) is 5.69 Å². The molecular formula is C21H24N6O4S. The summed E-state index contributed by atoms with van der Waals surface area (Å²) in [5.41, 5.74) is 1.86. The molecule has 10 nitrogen and oxygen atoms in total. The summed E-state index contributed by atoms with van der Waals surface area (Å²) in [6.07, 6.45) is 6.72. The van der Waals surface area contributed by atoms with Crippen LogP contribution in [0.1, 0.15) is 25.0 Å². The number of fused-ring (bicyclic) bond motifs is 1. The lowest BCUT2D eigenvalue weighted by atomic mass is 10.1. The summed E-state index contributed by atoms with van der Waals surface area (Å²) in [5, 5.41) is 9.19. The van der Waals surface area contributed by atoms with E-state index in [1.165, 1.54) is 24.2 Å². The molecule has 3 heterocycles. The number of anilines is 1. The summed E-state index contributed by atoms with van der Waals surface area (Å²) < 4.78 is 42.8. The summed E-state index contributed by atoms with van der Waals surface area (Å²) in [5.74, 6) is 0.877. The summed E-state index contributed by atoms with van der Waals surface area (Å²) in [6.45, 7) is 2.02. The van der Waals surface area contributed by atoms with E-state index in [9.17, 15) is 8.42 Å². The van der Waals surface area contributed by atoms with Crippen molar-refractivity contribution < 1.29 is 17.9 Å². The number of benzene rings is 1. The molecular weight excluding hydrogens is 432 g/mol. The van der Waals surface area contributed by atoms with Crippen LogP contribution in [0.3, 0.4) is 0 Å². The third kappa shape index (κ3) is 3.92. The second kappa shape index (κ2) is 8.60. The molecule has 0 aliphatic carbocycles. The predicted molar refractivity (Wildman–Crippen MR) is 119 cm³/mol. The second-order valence-electron chi connectivity index (χ2n) is 7.15. The molecule has 3 aromatic heterocycles. The zero-order valence-electron chi connectivity index (χ0n) is 18.2. The van der Waals surface area contributed by atoms with E-state index >= 15 is 0 Å². The van der Waals surface area contributed by atoms with Gasteiger partial charge < -0.3 is 9.47 Å². The number of hydrogen-bond acceptors (Lipinski definition) is 7. The monoisotopic (exact) mass is 456 g/mol. The summed E-state index contributed by atoms with van der Waals surface area (Å²) in [7, 11) is 0.904. The van der Waals surface area contributed by atoms with Crippen molar-refractivity contribution in [3.8, 4) is 11.6 Å². The van der Waals surface area contributed by atoms with E-state index in [1.54, 1.807) is 37.3 Å². The molecule has 1 atom stereocenters. The third-order valence-electron chi connectivity index (χ3n) is 5.22. The van der Waals surface area contributed by atoms with Gasteiger partial charge in [0.1, 0.15) is 16.3 Å². The van der Waals surface area contributed by atoms with Gasteiger partial charge in [0, 0.05) is 25.7 Å². The van der Waals surface area contributed by atoms with E-state index in [4.69, 9.17) is 9.47 Å². The van der Waals surface area contributed by atoms with Gasteiger partial charge in [-0.1, -0.05) is 6.92 Å². The summed E-state index contributed by atoms with van der Waals surface area (Å²) in [4.78, 5) is 4.30. The van der Waals surface area contributed by atoms with Crippen LogP contribution in [-0.4, -0.2) is 47.2 Å². The third-order valence-corrected chi connectivity index (χ3v) is 6.53. The van der Waals surface area contributed by atoms with Crippen LogP contribution in [-0.2, 0) is 21.8 Å². The molecule has 0 saturated carbocycles. The standard InChI is InChI=1S/C21H24N6O4S/c1-5-17(30-3)14-8-9-22-19(10-14)27-13-16(12-24-27)32(28,29)25-20-18(31-4)7-6-15-11-23-26(2)21(15)20/h6-13,17,25H,5H2,1-4H3/t17-/m1/s1. The van der Waals surface area contributed by atoms with Crippen LogP contribution < -0.4 is 9.46 Å². The Kier molecular flexibility index (Phi) is 5.85. The number of nitrogens with zero attached hydrogens (tertiary/aromatic N) is 5. The lowest BCUT2D eigenvalue weighted by molar-refractivity contribution is 0.0999. The molecule has 0 saturated heterocycles. The number of aromatic nitrogens is 5. The van der Waals surface area contributed by atoms with Crippen molar-refractivity contribution in [1.29, 1.82) is 0 Å². The predicted octanol–water partition coefficient (Wildman–Crippen LogP) is 3.06. The van der Waals surface area contributed by atoms with Crippen molar-refractivity contribution in [3.63, 3.8) is 0 Å². The van der Waals surface area contributed by atoms with E-state index in [2.05, 4.69) is 19.9 Å². The first-order valence-electron chi connectivity index (χ1n) is 9.93. The maximum atomic E-state index is 13.2. The lowest BCUT2D eigenvalue weighted by Gasteiger charge is -2.14. The van der Waals surface area contributed by atoms with Crippen LogP contribution in [0.25, 0.3) is 16.7 Å². The van der Waals surface area contributed by atoms with E-state index in [0.29, 0.717) is 22.8 Å². The lowest BCUT2D eigenvalue weighted by Crippen LogP contribution is -2.14. The first-order valence-corrected chi connectivity index (χ1v) is 11.4. The zero-order chi connectivity index (χ0) is 22.9. The number of pyridine rings is 1. The highest BCUT2D eigenvalue weighted by atomic mass is 32.2. The molecule has 0 unspecified atom stereocenters. The van der Waals surface area contributed by atoms with E-state index in [1.807, 2.05) is 25.1 Å². The van der Waals surface area contributed by atoms with Crippen LogP contribution in [0.2, 0.25) is 0 Å². The summed E-state index contributed by atoms with van der Waals surface area (Å²) in [6, 6.07) is 7.21. The van der Waals surface area contributed by atoms with Gasteiger partial charge in [-0.3, -0.25) is 9.40 Å². The maximum Gasteiger partial charge on any atom is 0.265 e. The van der Waals surface area contributed by atoms with Gasteiger partial charge >= 0.3 is 0 Å². The molecule has 1 aromatic carbocycles. The van der Waals surface area contributed by atoms with Gasteiger partial charge in [0.15, 0.2) is 5.82 Å². The molecule has 4 rings (SSSR count). The number of hydrogen-bond donors (Lipinski definition) is 1. The Balaban J connectivity index is 1.69. The Bertz CT molecular complexity index is 1360. The van der Waals surface area contributed by atoms with Crippen molar-refractivity contribution in [2.24, 2.45) is 7.05 Å². The van der Waals surface area contributed by atoms with Crippen molar-refractivity contribution in [3.05, 3.63) is 54.6 Å². The van der Waals surface area contributed by atoms with Crippen molar-refractivity contribution in [2.75, 3.05) is 18.9 Å². The first-order chi connectivity index (χ1) is 15.4. The van der Waals surface area contributed by atoms with E-state index < -0.39 is 10.0 Å². The number of ether oxygens (including phenoxy) is 2. The van der Waals surface area contributed by atoms with Crippen molar-refractivity contribution in [2.45, 2.75) is 24.3 Å². The zero-order valence-corrected chi connectivity index (χ0v) is 19.0. The number of nitrogens with one attached hydrogen (secondary N) is 1. The highest BCUT2D eigenvalue weighted by molar-refractivity contribution is 7.92. The molecule has 0 spiro atoms. The Morgan fingerprint density at radius 3 is 2.69 bits per heavy atom. The number of aryl methyl sites for hydroxylation is 1. The first kappa shape index (κ1) is 21.8. The van der Waals surface area contributed by atoms with Gasteiger partial charge in [-0.05, 0) is 36.2 Å². The average Bonchev–Trinajstić information content (AvgIpc) is 3.43. The molecule has 32 heavy (non-hydrogen) atoms. The minimum atomic E-state index is -3.96. The molecule has 0 aliphatic heterocycles. The smallest absolute Gasteiger partial charge is 0.265 e. The van der Waals surface area contributed by atoms with E-state index in [0.717, 1.165) is 17.4 Å². The van der Waals surface area contributed by atoms with Gasteiger partial charge in [0.2, 0.25) is 0 Å². The number of sulfonamides is 1. The topological polar surface area (TPSA) is 113 Å². The molecule has 0 aliphatic rings. The largest absolute Gasteiger partial charge is 0.494 e. The Hall–Kier alpha value is -3.44. The van der Waals surface area contributed by atoms with Gasteiger partial charge in [0.05, 0.1) is 37.3 Å². The normalized spacial score (nSPS) is 12.8. The van der Waals surface area contributed by atoms with Crippen LogP contribution in [0, 0.1) is 0 Å². The minimum Gasteiger partial charge on any atom is -0.494 e. The Morgan fingerprint density at radius 2 is 1.97 bits per heavy atom. The Labute approximate surface area is 185 Å². The number of rotatable bonds is 8. The summed E-state index contributed by atoms with van der Waals surface area (Å²) >= 11 is 0. The fraction of sp³-hybridized carbons (Fsp3) is 0.286. The number of methoxy groups -OCH3 is 2. The average molecular weight is 457 g/mol. The Morgan fingerprint density at radius 1 is 1.16 bits per heavy atom. The van der Waals surface area contributed by atoms with Gasteiger partial charge in [0.25, 0.3) is 10.0 Å². The minimum absolute atomic E-state index is 0.00953. The molecule has 0 bridgehead atoms. The van der Waals surface area contributed by atoms with Crippen LogP contribution >= 0.6 is 0 Å². The molecule has 0 fully saturated rings. The second-order valence-corrected chi connectivity index (χ2v) is 8.84. The maximum absolute atomic E-state index is 13.2. The highest BCUT2D eigenvalue weighted by Gasteiger charge is 2.22. The fourth-order valence-corrected chi connectivity index (χ4v) is 4.59. The molecule has 168 valence electrons. The van der Waals surface area contributed by atoms with Crippen molar-refractivity contribution in [1.82, 2.24) is 24.5 Å².